The van der Waals surface area contributed by atoms with Crippen molar-refractivity contribution in [1.29, 1.82) is 0 Å². The predicted molar refractivity (Wildman–Crippen MR) is 68.5 cm³/mol. The van der Waals surface area contributed by atoms with Crippen molar-refractivity contribution in [3.05, 3.63) is 34.3 Å². The fraction of sp³-hybridized carbons (Fsp3) is 0.308. The first-order valence-corrected chi connectivity index (χ1v) is 5.80. The largest absolute Gasteiger partial charge is 0.467 e. The average Bonchev–Trinajstić information content (AvgIpc) is 2.79. The molecule has 1 atom stereocenters. The van der Waals surface area contributed by atoms with Gasteiger partial charge in [0.2, 0.25) is 0 Å². The molecule has 0 aliphatic rings. The highest BCUT2D eigenvalue weighted by atomic mass is 16.5. The molecular formula is C13H13NO6. The maximum Gasteiger partial charge on any atom is 0.420 e. The SMILES string of the molecule is COC(=O)c1ccc2c(c1)oc(=O)n2C(C)C(=O)OC. The first-order valence-electron chi connectivity index (χ1n) is 5.80. The van der Waals surface area contributed by atoms with Gasteiger partial charge in [-0.05, 0) is 25.1 Å². The molecule has 1 aromatic heterocycles. The Hall–Kier alpha value is -2.57. The van der Waals surface area contributed by atoms with Gasteiger partial charge >= 0.3 is 17.7 Å². The summed E-state index contributed by atoms with van der Waals surface area (Å²) in [6.45, 7) is 1.52. The molecule has 0 spiro atoms. The van der Waals surface area contributed by atoms with E-state index in [1.54, 1.807) is 0 Å². The van der Waals surface area contributed by atoms with E-state index in [2.05, 4.69) is 9.47 Å². The minimum absolute atomic E-state index is 0.202. The number of fused-ring (bicyclic) bond motifs is 1. The fourth-order valence-corrected chi connectivity index (χ4v) is 1.92. The van der Waals surface area contributed by atoms with Crippen LogP contribution in [0.5, 0.6) is 0 Å². The van der Waals surface area contributed by atoms with E-state index < -0.39 is 23.7 Å². The number of rotatable bonds is 3. The van der Waals surface area contributed by atoms with Crippen LogP contribution in [0.3, 0.4) is 0 Å². The number of ether oxygens (including phenoxy) is 2. The Morgan fingerprint density at radius 2 is 1.95 bits per heavy atom. The molecule has 0 saturated heterocycles. The van der Waals surface area contributed by atoms with Crippen LogP contribution < -0.4 is 5.76 Å². The Kier molecular flexibility index (Phi) is 3.60. The monoisotopic (exact) mass is 279 g/mol. The number of nitrogens with zero attached hydrogens (tertiary/aromatic N) is 1. The van der Waals surface area contributed by atoms with Crippen LogP contribution in [0.15, 0.2) is 27.4 Å². The van der Waals surface area contributed by atoms with Crippen molar-refractivity contribution >= 4 is 23.0 Å². The lowest BCUT2D eigenvalue weighted by atomic mass is 10.2. The highest BCUT2D eigenvalue weighted by molar-refractivity contribution is 5.93. The lowest BCUT2D eigenvalue weighted by molar-refractivity contribution is -0.144. The van der Waals surface area contributed by atoms with Crippen molar-refractivity contribution in [1.82, 2.24) is 4.57 Å². The second-order valence-electron chi connectivity index (χ2n) is 4.11. The van der Waals surface area contributed by atoms with Crippen LogP contribution in [0.4, 0.5) is 0 Å². The fourth-order valence-electron chi connectivity index (χ4n) is 1.92. The second-order valence-corrected chi connectivity index (χ2v) is 4.11. The van der Waals surface area contributed by atoms with Crippen molar-refractivity contribution in [2.24, 2.45) is 0 Å². The van der Waals surface area contributed by atoms with Crippen molar-refractivity contribution in [2.45, 2.75) is 13.0 Å². The number of benzene rings is 1. The number of esters is 2. The summed E-state index contributed by atoms with van der Waals surface area (Å²) in [5, 5.41) is 0. The topological polar surface area (TPSA) is 87.7 Å². The van der Waals surface area contributed by atoms with E-state index in [4.69, 9.17) is 4.42 Å². The molecule has 7 heteroatoms. The molecule has 1 unspecified atom stereocenters. The van der Waals surface area contributed by atoms with E-state index in [9.17, 15) is 14.4 Å². The molecule has 0 bridgehead atoms. The Bertz CT molecular complexity index is 726. The molecule has 20 heavy (non-hydrogen) atoms. The van der Waals surface area contributed by atoms with E-state index in [-0.39, 0.29) is 11.1 Å². The van der Waals surface area contributed by atoms with E-state index in [0.717, 1.165) is 0 Å². The van der Waals surface area contributed by atoms with Crippen molar-refractivity contribution in [3.8, 4) is 0 Å². The van der Waals surface area contributed by atoms with Gasteiger partial charge in [0.1, 0.15) is 6.04 Å². The molecule has 0 N–H and O–H groups in total. The third-order valence-electron chi connectivity index (χ3n) is 2.96. The number of hydrogen-bond acceptors (Lipinski definition) is 6. The van der Waals surface area contributed by atoms with Gasteiger partial charge in [-0.15, -0.1) is 0 Å². The first kappa shape index (κ1) is 13.9. The molecule has 0 saturated carbocycles. The van der Waals surface area contributed by atoms with Crippen molar-refractivity contribution in [3.63, 3.8) is 0 Å². The Balaban J connectivity index is 2.58. The molecule has 106 valence electrons. The average molecular weight is 279 g/mol. The van der Waals surface area contributed by atoms with Gasteiger partial charge in [0.05, 0.1) is 25.3 Å². The van der Waals surface area contributed by atoms with Crippen LogP contribution in [0.1, 0.15) is 23.3 Å². The van der Waals surface area contributed by atoms with Gasteiger partial charge in [-0.25, -0.2) is 14.4 Å². The maximum absolute atomic E-state index is 11.8. The summed E-state index contributed by atoms with van der Waals surface area (Å²) in [5.41, 5.74) is 0.862. The van der Waals surface area contributed by atoms with Gasteiger partial charge in [0.25, 0.3) is 0 Å². The van der Waals surface area contributed by atoms with Crippen LogP contribution in [-0.2, 0) is 14.3 Å². The summed E-state index contributed by atoms with van der Waals surface area (Å²) in [5.74, 6) is -1.80. The third-order valence-corrected chi connectivity index (χ3v) is 2.96. The van der Waals surface area contributed by atoms with E-state index >= 15 is 0 Å². The van der Waals surface area contributed by atoms with Gasteiger partial charge in [0.15, 0.2) is 5.58 Å². The van der Waals surface area contributed by atoms with E-state index in [1.807, 2.05) is 0 Å². The summed E-state index contributed by atoms with van der Waals surface area (Å²) < 4.78 is 15.4. The minimum Gasteiger partial charge on any atom is -0.467 e. The summed E-state index contributed by atoms with van der Waals surface area (Å²) in [7, 11) is 2.49. The lowest BCUT2D eigenvalue weighted by Crippen LogP contribution is -2.25. The molecule has 2 rings (SSSR count). The molecule has 7 nitrogen and oxygen atoms in total. The van der Waals surface area contributed by atoms with Crippen molar-refractivity contribution < 1.29 is 23.5 Å². The number of aromatic nitrogens is 1. The summed E-state index contributed by atoms with van der Waals surface area (Å²) in [6, 6.07) is 3.58. The number of hydrogen-bond donors (Lipinski definition) is 0. The molecule has 0 aliphatic heterocycles. The molecule has 0 aliphatic carbocycles. The highest BCUT2D eigenvalue weighted by Crippen LogP contribution is 2.19. The number of carbonyl (C=O) groups is 2. The van der Waals surface area contributed by atoms with Crippen molar-refractivity contribution in [2.75, 3.05) is 14.2 Å². The van der Waals surface area contributed by atoms with Gasteiger partial charge in [-0.1, -0.05) is 0 Å². The van der Waals surface area contributed by atoms with Gasteiger partial charge in [-0.2, -0.15) is 0 Å². The van der Waals surface area contributed by atoms with Crippen LogP contribution >= 0.6 is 0 Å². The summed E-state index contributed by atoms with van der Waals surface area (Å²) in [4.78, 5) is 34.8. The van der Waals surface area contributed by atoms with E-state index in [0.29, 0.717) is 5.52 Å². The Labute approximate surface area is 113 Å². The summed E-state index contributed by atoms with van der Waals surface area (Å²) in [6.07, 6.45) is 0. The zero-order valence-electron chi connectivity index (χ0n) is 11.2. The zero-order valence-corrected chi connectivity index (χ0v) is 11.2. The Morgan fingerprint density at radius 1 is 1.25 bits per heavy atom. The second kappa shape index (κ2) is 5.20. The number of oxazole rings is 1. The number of methoxy groups -OCH3 is 2. The lowest BCUT2D eigenvalue weighted by Gasteiger charge is -2.09. The standard InChI is InChI=1S/C13H13NO6/c1-7(11(15)18-2)14-9-5-4-8(12(16)19-3)6-10(9)20-13(14)17/h4-7H,1-3H3. The quantitative estimate of drug-likeness (QED) is 0.782. The van der Waals surface area contributed by atoms with Gasteiger partial charge in [0, 0.05) is 0 Å². The normalized spacial score (nSPS) is 12.2. The molecule has 0 fully saturated rings. The molecular weight excluding hydrogens is 266 g/mol. The summed E-state index contributed by atoms with van der Waals surface area (Å²) >= 11 is 0. The highest BCUT2D eigenvalue weighted by Gasteiger charge is 2.22. The number of carbonyl (C=O) groups excluding carboxylic acids is 2. The molecule has 0 radical (unpaired) electrons. The molecule has 1 aromatic carbocycles. The van der Waals surface area contributed by atoms with E-state index in [1.165, 1.54) is 43.9 Å². The van der Waals surface area contributed by atoms with Crippen LogP contribution in [0.2, 0.25) is 0 Å². The van der Waals surface area contributed by atoms with Crippen LogP contribution in [0, 0.1) is 0 Å². The third kappa shape index (κ3) is 2.18. The zero-order chi connectivity index (χ0) is 14.9. The molecule has 0 amide bonds. The van der Waals surface area contributed by atoms with Crippen LogP contribution in [0.25, 0.3) is 11.1 Å². The minimum atomic E-state index is -0.822. The first-order chi connectivity index (χ1) is 9.49. The van der Waals surface area contributed by atoms with Crippen LogP contribution in [-0.4, -0.2) is 30.7 Å². The molecule has 2 aromatic rings. The van der Waals surface area contributed by atoms with Gasteiger partial charge < -0.3 is 13.9 Å². The predicted octanol–water partition coefficient (Wildman–Crippen LogP) is 1.12. The maximum atomic E-state index is 11.8. The van der Waals surface area contributed by atoms with Gasteiger partial charge in [-0.3, -0.25) is 4.57 Å². The smallest absolute Gasteiger partial charge is 0.420 e. The Morgan fingerprint density at radius 3 is 2.55 bits per heavy atom. The molecule has 1 heterocycles.